The van der Waals surface area contributed by atoms with Crippen LogP contribution in [0, 0.1) is 11.3 Å². The van der Waals surface area contributed by atoms with Crippen LogP contribution in [0.1, 0.15) is 19.4 Å². The number of hydrogen-bond acceptors (Lipinski definition) is 7. The molecule has 0 spiro atoms. The number of thioether (sulfide) groups is 1. The summed E-state index contributed by atoms with van der Waals surface area (Å²) in [6.07, 6.45) is 1.81. The lowest BCUT2D eigenvalue weighted by atomic mass is 10.1. The average molecular weight is 434 g/mol. The topological polar surface area (TPSA) is 59.3 Å². The molecule has 1 aliphatic heterocycles. The van der Waals surface area contributed by atoms with Crippen LogP contribution in [0.25, 0.3) is 4.91 Å². The Morgan fingerprint density at radius 2 is 1.84 bits per heavy atom. The maximum absolute atomic E-state index is 13.2. The first-order valence-electron chi connectivity index (χ1n) is 7.43. The van der Waals surface area contributed by atoms with Crippen molar-refractivity contribution in [1.82, 2.24) is 0 Å². The normalized spacial score (nSPS) is 16.9. The molecule has 9 heteroatoms. The maximum Gasteiger partial charge on any atom is 0.368 e. The minimum Gasteiger partial charge on any atom is -0.305 e. The van der Waals surface area contributed by atoms with Crippen LogP contribution in [-0.4, -0.2) is 19.5 Å². The van der Waals surface area contributed by atoms with Crippen molar-refractivity contribution < 1.29 is 13.6 Å². The van der Waals surface area contributed by atoms with Crippen LogP contribution in [0.2, 0.25) is 5.02 Å². The quantitative estimate of drug-likeness (QED) is 0.347. The lowest BCUT2D eigenvalue weighted by Gasteiger charge is -2.20. The third-order valence-corrected chi connectivity index (χ3v) is 9.89. The van der Waals surface area contributed by atoms with E-state index in [4.69, 9.17) is 20.6 Å². The summed E-state index contributed by atoms with van der Waals surface area (Å²) in [5, 5.41) is 10.4. The highest BCUT2D eigenvalue weighted by Gasteiger charge is 2.37. The highest BCUT2D eigenvalue weighted by molar-refractivity contribution is 8.82. The third kappa shape index (κ3) is 4.70. The summed E-state index contributed by atoms with van der Waals surface area (Å²) in [6.45, 7) is 4.07. The van der Waals surface area contributed by atoms with E-state index in [2.05, 4.69) is 6.07 Å². The lowest BCUT2D eigenvalue weighted by Crippen LogP contribution is -1.99. The Bertz CT molecular complexity index is 777. The molecule has 0 N–H and O–H groups in total. The van der Waals surface area contributed by atoms with E-state index in [1.54, 1.807) is 26.0 Å². The summed E-state index contributed by atoms with van der Waals surface area (Å²) >= 11 is 7.24. The Morgan fingerprint density at radius 3 is 2.32 bits per heavy atom. The van der Waals surface area contributed by atoms with Crippen LogP contribution in [0.15, 0.2) is 39.4 Å². The van der Waals surface area contributed by atoms with Crippen molar-refractivity contribution in [2.75, 3.05) is 19.5 Å². The van der Waals surface area contributed by atoms with Gasteiger partial charge in [0.15, 0.2) is 0 Å². The minimum atomic E-state index is -3.45. The van der Waals surface area contributed by atoms with E-state index in [1.165, 1.54) is 33.3 Å². The van der Waals surface area contributed by atoms with Gasteiger partial charge >= 0.3 is 7.60 Å². The highest BCUT2D eigenvalue weighted by atomic mass is 35.5. The van der Waals surface area contributed by atoms with Gasteiger partial charge < -0.3 is 9.05 Å². The standard InChI is InChI=1S/C16H17ClNO3PS3/c1-4-20-22(19,21-5-2)16(23-3)15-13(10-18)14(24-25-15)11-6-8-12(17)9-7-11/h6-9H,4-5H2,1-3H3/b16-15-. The fourth-order valence-electron chi connectivity index (χ4n) is 2.13. The predicted molar refractivity (Wildman–Crippen MR) is 111 cm³/mol. The van der Waals surface area contributed by atoms with Gasteiger partial charge in [-0.05, 0) is 48.6 Å². The zero-order valence-electron chi connectivity index (χ0n) is 13.9. The molecule has 1 aromatic carbocycles. The fraction of sp³-hybridized carbons (Fsp3) is 0.312. The Balaban J connectivity index is 2.59. The first kappa shape index (κ1) is 21.0. The molecule has 0 atom stereocenters. The van der Waals surface area contributed by atoms with Crippen molar-refractivity contribution >= 4 is 57.5 Å². The monoisotopic (exact) mass is 433 g/mol. The molecular formula is C16H17ClNO3PS3. The van der Waals surface area contributed by atoms with Crippen molar-refractivity contribution in [3.63, 3.8) is 0 Å². The van der Waals surface area contributed by atoms with Gasteiger partial charge in [0.2, 0.25) is 0 Å². The van der Waals surface area contributed by atoms with Gasteiger partial charge in [0.1, 0.15) is 10.7 Å². The summed E-state index contributed by atoms with van der Waals surface area (Å²) in [4.78, 5) is 1.47. The van der Waals surface area contributed by atoms with E-state index < -0.39 is 7.60 Å². The Morgan fingerprint density at radius 1 is 1.24 bits per heavy atom. The second-order valence-corrected chi connectivity index (χ2v) is 10.3. The van der Waals surface area contributed by atoms with Crippen molar-refractivity contribution in [1.29, 1.82) is 5.26 Å². The molecule has 0 radical (unpaired) electrons. The van der Waals surface area contributed by atoms with Gasteiger partial charge in [-0.3, -0.25) is 4.57 Å². The Kier molecular flexibility index (Phi) is 8.03. The summed E-state index contributed by atoms with van der Waals surface area (Å²) in [6, 6.07) is 9.56. The van der Waals surface area contributed by atoms with E-state index in [-0.39, 0.29) is 13.2 Å². The van der Waals surface area contributed by atoms with Crippen molar-refractivity contribution in [3.05, 3.63) is 50.0 Å². The molecule has 0 amide bonds. The van der Waals surface area contributed by atoms with Crippen LogP contribution in [0.3, 0.4) is 0 Å². The Labute approximate surface area is 165 Å². The third-order valence-electron chi connectivity index (χ3n) is 3.12. The molecule has 134 valence electrons. The second kappa shape index (κ2) is 9.57. The van der Waals surface area contributed by atoms with Gasteiger partial charge in [-0.2, -0.15) is 5.26 Å². The molecule has 0 saturated heterocycles. The van der Waals surface area contributed by atoms with Crippen LogP contribution >= 0.6 is 52.5 Å². The molecule has 0 aromatic heterocycles. The van der Waals surface area contributed by atoms with Gasteiger partial charge in [-0.25, -0.2) is 0 Å². The number of allylic oxidation sites excluding steroid dienone is 1. The number of nitrogens with zero attached hydrogens (tertiary/aromatic N) is 1. The van der Waals surface area contributed by atoms with Gasteiger partial charge in [0.05, 0.1) is 23.7 Å². The summed E-state index contributed by atoms with van der Waals surface area (Å²) in [5.41, 5.74) is 1.39. The fourth-order valence-corrected chi connectivity index (χ4v) is 8.83. The van der Waals surface area contributed by atoms with Gasteiger partial charge in [-0.1, -0.05) is 34.5 Å². The van der Waals surface area contributed by atoms with Gasteiger partial charge in [0.25, 0.3) is 0 Å². The molecule has 1 aromatic rings. The predicted octanol–water partition coefficient (Wildman–Crippen LogP) is 6.77. The summed E-state index contributed by atoms with van der Waals surface area (Å²) in [5.74, 6) is 0. The zero-order chi connectivity index (χ0) is 18.4. The second-order valence-electron chi connectivity index (χ2n) is 4.66. The molecule has 2 rings (SSSR count). The molecule has 0 unspecified atom stereocenters. The number of hydrogen-bond donors (Lipinski definition) is 0. The van der Waals surface area contributed by atoms with E-state index in [1.807, 2.05) is 18.4 Å². The maximum atomic E-state index is 13.2. The molecular weight excluding hydrogens is 417 g/mol. The molecule has 0 fully saturated rings. The highest BCUT2D eigenvalue weighted by Crippen LogP contribution is 2.66. The number of rotatable bonds is 7. The van der Waals surface area contributed by atoms with Crippen molar-refractivity contribution in [2.45, 2.75) is 13.8 Å². The van der Waals surface area contributed by atoms with Gasteiger partial charge in [0, 0.05) is 9.93 Å². The molecule has 0 bridgehead atoms. The zero-order valence-corrected chi connectivity index (χ0v) is 18.0. The van der Waals surface area contributed by atoms with Crippen molar-refractivity contribution in [2.24, 2.45) is 0 Å². The van der Waals surface area contributed by atoms with E-state index in [9.17, 15) is 9.83 Å². The first-order chi connectivity index (χ1) is 12.0. The molecule has 1 heterocycles. The first-order valence-corrected chi connectivity index (χ1v) is 12.7. The lowest BCUT2D eigenvalue weighted by molar-refractivity contribution is 0.228. The number of nitriles is 1. The van der Waals surface area contributed by atoms with Crippen molar-refractivity contribution in [3.8, 4) is 6.07 Å². The van der Waals surface area contributed by atoms with E-state index in [0.717, 1.165) is 10.5 Å². The smallest absolute Gasteiger partial charge is 0.305 e. The average Bonchev–Trinajstić information content (AvgIpc) is 3.00. The van der Waals surface area contributed by atoms with E-state index in [0.29, 0.717) is 20.1 Å². The summed E-state index contributed by atoms with van der Waals surface area (Å²) in [7, 11) is -0.581. The largest absolute Gasteiger partial charge is 0.368 e. The number of halogens is 1. The van der Waals surface area contributed by atoms with Crippen LogP contribution in [0.4, 0.5) is 0 Å². The summed E-state index contributed by atoms with van der Waals surface area (Å²) < 4.78 is 24.6. The number of benzene rings is 1. The van der Waals surface area contributed by atoms with Crippen LogP contribution in [0.5, 0.6) is 0 Å². The molecule has 4 nitrogen and oxygen atoms in total. The van der Waals surface area contributed by atoms with Crippen LogP contribution < -0.4 is 0 Å². The van der Waals surface area contributed by atoms with E-state index >= 15 is 0 Å². The SMILES string of the molecule is CCOP(=O)(OCC)/C(SC)=C1/SSC(c2ccc(Cl)cc2)=C1C#N. The Hall–Kier alpha value is -0.320. The molecule has 25 heavy (non-hydrogen) atoms. The van der Waals surface area contributed by atoms with Crippen LogP contribution in [-0.2, 0) is 13.6 Å². The molecule has 0 saturated carbocycles. The van der Waals surface area contributed by atoms with Gasteiger partial charge in [-0.15, -0.1) is 11.8 Å². The molecule has 0 aliphatic carbocycles. The minimum absolute atomic E-state index is 0.266. The molecule has 1 aliphatic rings.